The molecule has 0 fully saturated rings. The van der Waals surface area contributed by atoms with Crippen LogP contribution < -0.4 is 4.74 Å². The number of hydrogen-bond acceptors (Lipinski definition) is 5. The summed E-state index contributed by atoms with van der Waals surface area (Å²) in [6.07, 6.45) is 0.186. The molecule has 1 rings (SSSR count). The van der Waals surface area contributed by atoms with Crippen molar-refractivity contribution in [3.05, 3.63) is 23.4 Å². The zero-order chi connectivity index (χ0) is 12.8. The van der Waals surface area contributed by atoms with Crippen molar-refractivity contribution in [2.24, 2.45) is 0 Å². The number of rotatable bonds is 4. The molecule has 0 saturated heterocycles. The largest absolute Gasteiger partial charge is 0.481 e. The molecule has 0 radical (unpaired) electrons. The molecule has 0 aliphatic heterocycles. The van der Waals surface area contributed by atoms with Gasteiger partial charge in [-0.05, 0) is 6.07 Å². The van der Waals surface area contributed by atoms with Crippen molar-refractivity contribution >= 4 is 5.97 Å². The van der Waals surface area contributed by atoms with Crippen LogP contribution in [0.3, 0.4) is 0 Å². The Morgan fingerprint density at radius 3 is 2.76 bits per heavy atom. The first-order chi connectivity index (χ1) is 8.12. The lowest BCUT2D eigenvalue weighted by Crippen LogP contribution is -2.09. The van der Waals surface area contributed by atoms with Gasteiger partial charge in [0.15, 0.2) is 0 Å². The van der Waals surface area contributed by atoms with E-state index in [0.717, 1.165) is 0 Å². The van der Waals surface area contributed by atoms with Crippen LogP contribution in [0.1, 0.15) is 30.5 Å². The summed E-state index contributed by atoms with van der Waals surface area (Å²) >= 11 is 0. The van der Waals surface area contributed by atoms with E-state index in [-0.39, 0.29) is 18.3 Å². The molecule has 1 aromatic heterocycles. The molecule has 0 spiro atoms. The van der Waals surface area contributed by atoms with Crippen LogP contribution >= 0.6 is 0 Å². The first-order valence-corrected chi connectivity index (χ1v) is 5.14. The van der Waals surface area contributed by atoms with Gasteiger partial charge in [0.1, 0.15) is 6.07 Å². The minimum absolute atomic E-state index is 0.186. The average Bonchev–Trinajstić information content (AvgIpc) is 2.37. The van der Waals surface area contributed by atoms with Crippen LogP contribution in [0.2, 0.25) is 0 Å². The highest BCUT2D eigenvalue weighted by molar-refractivity contribution is 5.70. The van der Waals surface area contributed by atoms with Gasteiger partial charge in [-0.25, -0.2) is 4.98 Å². The molecule has 5 heteroatoms. The van der Waals surface area contributed by atoms with E-state index in [1.165, 1.54) is 14.2 Å². The number of esters is 1. The molecule has 0 saturated carbocycles. The van der Waals surface area contributed by atoms with Gasteiger partial charge in [0.25, 0.3) is 0 Å². The van der Waals surface area contributed by atoms with E-state index in [4.69, 9.17) is 10.00 Å². The van der Waals surface area contributed by atoms with Gasteiger partial charge in [0.05, 0.1) is 31.9 Å². The number of carbonyl (C=O) groups is 1. The molecule has 1 unspecified atom stereocenters. The second-order valence-corrected chi connectivity index (χ2v) is 3.58. The predicted molar refractivity (Wildman–Crippen MR) is 60.6 cm³/mol. The van der Waals surface area contributed by atoms with Gasteiger partial charge in [-0.2, -0.15) is 5.26 Å². The van der Waals surface area contributed by atoms with Crippen molar-refractivity contribution in [3.8, 4) is 11.9 Å². The number of carbonyl (C=O) groups excluding carboxylic acids is 1. The number of hydrogen-bond donors (Lipinski definition) is 0. The van der Waals surface area contributed by atoms with Gasteiger partial charge in [-0.3, -0.25) is 4.79 Å². The van der Waals surface area contributed by atoms with Crippen LogP contribution in [-0.4, -0.2) is 25.2 Å². The maximum absolute atomic E-state index is 11.2. The molecule has 0 aliphatic carbocycles. The van der Waals surface area contributed by atoms with E-state index in [2.05, 4.69) is 9.72 Å². The fraction of sp³-hybridized carbons (Fsp3) is 0.417. The third kappa shape index (κ3) is 3.18. The highest BCUT2D eigenvalue weighted by Gasteiger charge is 2.17. The lowest BCUT2D eigenvalue weighted by molar-refractivity contribution is -0.141. The first-order valence-electron chi connectivity index (χ1n) is 5.14. The molecule has 1 heterocycles. The SMILES string of the molecule is COC(=O)CC(C)c1nc(OC)ccc1C#N. The quantitative estimate of drug-likeness (QED) is 0.740. The molecule has 90 valence electrons. The summed E-state index contributed by atoms with van der Waals surface area (Å²) in [5.74, 6) is -0.0890. The van der Waals surface area contributed by atoms with Crippen molar-refractivity contribution in [3.63, 3.8) is 0 Å². The number of ether oxygens (including phenoxy) is 2. The Morgan fingerprint density at radius 2 is 2.24 bits per heavy atom. The molecule has 0 aromatic carbocycles. The van der Waals surface area contributed by atoms with Crippen molar-refractivity contribution in [2.75, 3.05) is 14.2 Å². The maximum atomic E-state index is 11.2. The highest BCUT2D eigenvalue weighted by atomic mass is 16.5. The van der Waals surface area contributed by atoms with Gasteiger partial charge in [-0.15, -0.1) is 0 Å². The van der Waals surface area contributed by atoms with Gasteiger partial charge in [-0.1, -0.05) is 6.92 Å². The number of pyridine rings is 1. The maximum Gasteiger partial charge on any atom is 0.306 e. The van der Waals surface area contributed by atoms with Crippen LogP contribution in [0.25, 0.3) is 0 Å². The van der Waals surface area contributed by atoms with Crippen LogP contribution in [0.15, 0.2) is 12.1 Å². The van der Waals surface area contributed by atoms with Crippen LogP contribution in [0, 0.1) is 11.3 Å². The number of nitrogens with zero attached hydrogens (tertiary/aromatic N) is 2. The van der Waals surface area contributed by atoms with Gasteiger partial charge in [0, 0.05) is 12.0 Å². The predicted octanol–water partition coefficient (Wildman–Crippen LogP) is 1.63. The summed E-state index contributed by atoms with van der Waals surface area (Å²) in [4.78, 5) is 15.4. The van der Waals surface area contributed by atoms with E-state index < -0.39 is 0 Å². The van der Waals surface area contributed by atoms with E-state index in [1.807, 2.05) is 13.0 Å². The van der Waals surface area contributed by atoms with Crippen LogP contribution in [-0.2, 0) is 9.53 Å². The lowest BCUT2D eigenvalue weighted by Gasteiger charge is -2.12. The minimum atomic E-state index is -0.328. The summed E-state index contributed by atoms with van der Waals surface area (Å²) < 4.78 is 9.59. The Labute approximate surface area is 100.0 Å². The summed E-state index contributed by atoms with van der Waals surface area (Å²) in [7, 11) is 2.84. The Kier molecular flexibility index (Phi) is 4.46. The Morgan fingerprint density at radius 1 is 1.53 bits per heavy atom. The van der Waals surface area contributed by atoms with Gasteiger partial charge in [0.2, 0.25) is 5.88 Å². The topological polar surface area (TPSA) is 72.2 Å². The first kappa shape index (κ1) is 13.0. The van der Waals surface area contributed by atoms with E-state index in [0.29, 0.717) is 17.1 Å². The van der Waals surface area contributed by atoms with Gasteiger partial charge >= 0.3 is 5.97 Å². The van der Waals surface area contributed by atoms with Crippen molar-refractivity contribution in [1.29, 1.82) is 5.26 Å². The standard InChI is InChI=1S/C12H14N2O3/c1-8(6-11(15)17-3)12-9(7-13)4-5-10(14-12)16-2/h4-5,8H,6H2,1-3H3. The van der Waals surface area contributed by atoms with Crippen LogP contribution in [0.5, 0.6) is 5.88 Å². The smallest absolute Gasteiger partial charge is 0.306 e. The van der Waals surface area contributed by atoms with Crippen LogP contribution in [0.4, 0.5) is 0 Å². The molecule has 0 amide bonds. The second kappa shape index (κ2) is 5.85. The van der Waals surface area contributed by atoms with E-state index in [1.54, 1.807) is 12.1 Å². The molecular formula is C12H14N2O3. The summed E-state index contributed by atoms with van der Waals surface area (Å²) in [6.45, 7) is 1.82. The van der Waals surface area contributed by atoms with Crippen molar-refractivity contribution in [1.82, 2.24) is 4.98 Å². The van der Waals surface area contributed by atoms with Gasteiger partial charge < -0.3 is 9.47 Å². The highest BCUT2D eigenvalue weighted by Crippen LogP contribution is 2.23. The lowest BCUT2D eigenvalue weighted by atomic mass is 9.99. The molecule has 0 bridgehead atoms. The molecule has 5 nitrogen and oxygen atoms in total. The Bertz CT molecular complexity index is 452. The zero-order valence-electron chi connectivity index (χ0n) is 10.1. The second-order valence-electron chi connectivity index (χ2n) is 3.58. The number of nitriles is 1. The molecule has 0 N–H and O–H groups in total. The molecule has 17 heavy (non-hydrogen) atoms. The number of methoxy groups -OCH3 is 2. The minimum Gasteiger partial charge on any atom is -0.481 e. The monoisotopic (exact) mass is 234 g/mol. The molecule has 0 aliphatic rings. The number of aromatic nitrogens is 1. The Balaban J connectivity index is 3.02. The molecule has 1 atom stereocenters. The fourth-order valence-electron chi connectivity index (χ4n) is 1.47. The van der Waals surface area contributed by atoms with E-state index in [9.17, 15) is 4.79 Å². The molecular weight excluding hydrogens is 220 g/mol. The normalized spacial score (nSPS) is 11.4. The third-order valence-electron chi connectivity index (χ3n) is 2.40. The summed E-state index contributed by atoms with van der Waals surface area (Å²) in [5, 5.41) is 8.98. The van der Waals surface area contributed by atoms with Crippen molar-refractivity contribution < 1.29 is 14.3 Å². The summed E-state index contributed by atoms with van der Waals surface area (Å²) in [5.41, 5.74) is 0.999. The van der Waals surface area contributed by atoms with Crippen molar-refractivity contribution in [2.45, 2.75) is 19.3 Å². The Hall–Kier alpha value is -2.09. The zero-order valence-corrected chi connectivity index (χ0v) is 10.1. The fourth-order valence-corrected chi connectivity index (χ4v) is 1.47. The summed E-state index contributed by atoms with van der Waals surface area (Å²) in [6, 6.07) is 5.30. The molecule has 1 aromatic rings. The third-order valence-corrected chi connectivity index (χ3v) is 2.40. The van der Waals surface area contributed by atoms with E-state index >= 15 is 0 Å². The average molecular weight is 234 g/mol.